The Morgan fingerprint density at radius 3 is 2.94 bits per heavy atom. The van der Waals surface area contributed by atoms with Crippen molar-refractivity contribution in [1.29, 1.82) is 0 Å². The number of rotatable bonds is 3. The minimum Gasteiger partial charge on any atom is -0.245 e. The molecule has 4 nitrogen and oxygen atoms in total. The lowest BCUT2D eigenvalue weighted by Gasteiger charge is -1.95. The lowest BCUT2D eigenvalue weighted by atomic mass is 10.3. The first-order valence-corrected chi connectivity index (χ1v) is 6.86. The zero-order valence-electron chi connectivity index (χ0n) is 9.75. The molecular weight excluding hydrogens is 268 g/mol. The molecule has 0 aliphatic rings. The molecule has 0 radical (unpaired) electrons. The van der Waals surface area contributed by atoms with Crippen LogP contribution in [0.4, 0.5) is 0 Å². The molecule has 1 aromatic carbocycles. The fraction of sp³-hybridized carbons (Fsp3) is 0.250. The molecule has 0 bridgehead atoms. The van der Waals surface area contributed by atoms with Crippen LogP contribution in [0.5, 0.6) is 0 Å². The van der Waals surface area contributed by atoms with Crippen LogP contribution in [0.2, 0.25) is 0 Å². The number of benzene rings is 1. The van der Waals surface area contributed by atoms with Gasteiger partial charge < -0.3 is 0 Å². The molecule has 2 heterocycles. The van der Waals surface area contributed by atoms with Gasteiger partial charge in [0.25, 0.3) is 0 Å². The van der Waals surface area contributed by atoms with Gasteiger partial charge in [0, 0.05) is 0 Å². The van der Waals surface area contributed by atoms with Gasteiger partial charge in [0.05, 0.1) is 28.3 Å². The summed E-state index contributed by atoms with van der Waals surface area (Å²) in [5, 5.41) is 8.98. The summed E-state index contributed by atoms with van der Waals surface area (Å²) >= 11 is 7.63. The third-order valence-electron chi connectivity index (χ3n) is 2.60. The van der Waals surface area contributed by atoms with Crippen molar-refractivity contribution in [2.75, 3.05) is 0 Å². The molecule has 0 aliphatic carbocycles. The number of alkyl halides is 1. The predicted molar refractivity (Wildman–Crippen MR) is 73.0 cm³/mol. The van der Waals surface area contributed by atoms with Gasteiger partial charge in [0.2, 0.25) is 0 Å². The van der Waals surface area contributed by atoms with Crippen molar-refractivity contribution >= 4 is 33.2 Å². The van der Waals surface area contributed by atoms with Crippen LogP contribution < -0.4 is 0 Å². The molecule has 92 valence electrons. The third kappa shape index (κ3) is 2.23. The van der Waals surface area contributed by atoms with Crippen LogP contribution in [0.1, 0.15) is 23.0 Å². The molecule has 18 heavy (non-hydrogen) atoms. The number of hydrogen-bond donors (Lipinski definition) is 0. The van der Waals surface area contributed by atoms with Crippen molar-refractivity contribution in [3.05, 3.63) is 41.2 Å². The largest absolute Gasteiger partial charge is 0.245 e. The first-order valence-electron chi connectivity index (χ1n) is 5.61. The highest BCUT2D eigenvalue weighted by Crippen LogP contribution is 2.22. The fourth-order valence-electron chi connectivity index (χ4n) is 1.70. The molecule has 1 atom stereocenters. The molecule has 0 fully saturated rings. The lowest BCUT2D eigenvalue weighted by molar-refractivity contribution is 0.647. The van der Waals surface area contributed by atoms with E-state index in [1.54, 1.807) is 16.0 Å². The Bertz CT molecular complexity index is 640. The number of para-hydroxylation sites is 1. The second-order valence-corrected chi connectivity index (χ2v) is 5.80. The van der Waals surface area contributed by atoms with Crippen LogP contribution in [0.3, 0.4) is 0 Å². The van der Waals surface area contributed by atoms with Gasteiger partial charge in [-0.25, -0.2) is 9.67 Å². The fourth-order valence-corrected chi connectivity index (χ4v) is 2.76. The van der Waals surface area contributed by atoms with Crippen molar-refractivity contribution in [2.24, 2.45) is 0 Å². The number of fused-ring (bicyclic) bond motifs is 1. The van der Waals surface area contributed by atoms with E-state index < -0.39 is 0 Å². The minimum atomic E-state index is -0.117. The minimum absolute atomic E-state index is 0.117. The van der Waals surface area contributed by atoms with Crippen molar-refractivity contribution in [1.82, 2.24) is 20.0 Å². The summed E-state index contributed by atoms with van der Waals surface area (Å²) in [4.78, 5) is 4.56. The number of hydrogen-bond acceptors (Lipinski definition) is 4. The molecule has 0 spiro atoms. The van der Waals surface area contributed by atoms with Gasteiger partial charge in [0.15, 0.2) is 0 Å². The van der Waals surface area contributed by atoms with Gasteiger partial charge in [-0.2, -0.15) is 0 Å². The lowest BCUT2D eigenvalue weighted by Crippen LogP contribution is -1.99. The predicted octanol–water partition coefficient (Wildman–Crippen LogP) is 3.24. The van der Waals surface area contributed by atoms with E-state index in [0.29, 0.717) is 6.54 Å². The quantitative estimate of drug-likeness (QED) is 0.691. The highest BCUT2D eigenvalue weighted by atomic mass is 35.5. The Morgan fingerprint density at radius 1 is 1.39 bits per heavy atom. The summed E-state index contributed by atoms with van der Waals surface area (Å²) in [5.41, 5.74) is 1.82. The van der Waals surface area contributed by atoms with E-state index in [1.165, 1.54) is 4.70 Å². The van der Waals surface area contributed by atoms with E-state index in [-0.39, 0.29) is 5.38 Å². The maximum Gasteiger partial charge on any atom is 0.115 e. The van der Waals surface area contributed by atoms with Gasteiger partial charge in [-0.3, -0.25) is 0 Å². The Morgan fingerprint density at radius 2 is 2.22 bits per heavy atom. The maximum atomic E-state index is 5.95. The number of nitrogens with zero attached hydrogens (tertiary/aromatic N) is 4. The van der Waals surface area contributed by atoms with Gasteiger partial charge in [-0.1, -0.05) is 17.3 Å². The molecule has 3 aromatic rings. The summed E-state index contributed by atoms with van der Waals surface area (Å²) < 4.78 is 2.96. The molecule has 0 amide bonds. The summed E-state index contributed by atoms with van der Waals surface area (Å²) in [6.07, 6.45) is 1.86. The molecule has 0 N–H and O–H groups in total. The standard InChI is InChI=1S/C12H11ClN4S/c1-8(13)10-6-17(16-15-10)7-12-14-9-4-2-3-5-11(9)18-12/h2-6,8H,7H2,1H3. The van der Waals surface area contributed by atoms with Crippen molar-refractivity contribution < 1.29 is 0 Å². The molecular formula is C12H11ClN4S. The average Bonchev–Trinajstić information content (AvgIpc) is 2.94. The molecule has 6 heteroatoms. The van der Waals surface area contributed by atoms with E-state index in [0.717, 1.165) is 16.2 Å². The highest BCUT2D eigenvalue weighted by molar-refractivity contribution is 7.18. The van der Waals surface area contributed by atoms with Crippen molar-refractivity contribution in [3.8, 4) is 0 Å². The number of thiazole rings is 1. The first-order chi connectivity index (χ1) is 8.72. The van der Waals surface area contributed by atoms with E-state index in [2.05, 4.69) is 21.4 Å². The zero-order chi connectivity index (χ0) is 12.5. The van der Waals surface area contributed by atoms with Crippen molar-refractivity contribution in [3.63, 3.8) is 0 Å². The molecule has 2 aromatic heterocycles. The van der Waals surface area contributed by atoms with E-state index >= 15 is 0 Å². The Hall–Kier alpha value is -1.46. The number of aromatic nitrogens is 4. The van der Waals surface area contributed by atoms with Crippen LogP contribution in [0.25, 0.3) is 10.2 Å². The average molecular weight is 279 g/mol. The van der Waals surface area contributed by atoms with Gasteiger partial charge in [-0.05, 0) is 19.1 Å². The second-order valence-electron chi connectivity index (χ2n) is 4.03. The van der Waals surface area contributed by atoms with Crippen LogP contribution in [-0.2, 0) is 6.54 Å². The van der Waals surface area contributed by atoms with E-state index in [1.807, 2.05) is 31.3 Å². The summed E-state index contributed by atoms with van der Waals surface area (Å²) in [5.74, 6) is 0. The van der Waals surface area contributed by atoms with Crippen LogP contribution in [0, 0.1) is 0 Å². The molecule has 0 saturated heterocycles. The van der Waals surface area contributed by atoms with Crippen LogP contribution in [0.15, 0.2) is 30.5 Å². The molecule has 3 rings (SSSR count). The Labute approximate surface area is 113 Å². The van der Waals surface area contributed by atoms with E-state index in [4.69, 9.17) is 11.6 Å². The summed E-state index contributed by atoms with van der Waals surface area (Å²) in [6.45, 7) is 2.52. The van der Waals surface area contributed by atoms with Crippen LogP contribution >= 0.6 is 22.9 Å². The molecule has 0 saturated carbocycles. The SMILES string of the molecule is CC(Cl)c1cn(Cc2nc3ccccc3s2)nn1. The Balaban J connectivity index is 1.86. The van der Waals surface area contributed by atoms with Gasteiger partial charge >= 0.3 is 0 Å². The summed E-state index contributed by atoms with van der Waals surface area (Å²) in [7, 11) is 0. The van der Waals surface area contributed by atoms with Gasteiger partial charge in [0.1, 0.15) is 10.7 Å². The summed E-state index contributed by atoms with van der Waals surface area (Å²) in [6, 6.07) is 8.11. The van der Waals surface area contributed by atoms with Crippen LogP contribution in [-0.4, -0.2) is 20.0 Å². The monoisotopic (exact) mass is 278 g/mol. The first kappa shape index (κ1) is 11.6. The normalized spacial score (nSPS) is 13.0. The topological polar surface area (TPSA) is 43.6 Å². The van der Waals surface area contributed by atoms with Crippen molar-refractivity contribution in [2.45, 2.75) is 18.8 Å². The highest BCUT2D eigenvalue weighted by Gasteiger charge is 2.09. The van der Waals surface area contributed by atoms with Gasteiger partial charge in [-0.15, -0.1) is 28.0 Å². The Kier molecular flexibility index (Phi) is 3.01. The molecule has 1 unspecified atom stereocenters. The smallest absolute Gasteiger partial charge is 0.115 e. The third-order valence-corrected chi connectivity index (χ3v) is 3.84. The van der Waals surface area contributed by atoms with E-state index in [9.17, 15) is 0 Å². The molecule has 0 aliphatic heterocycles. The maximum absolute atomic E-state index is 5.95. The number of halogens is 1. The second kappa shape index (κ2) is 4.66. The zero-order valence-corrected chi connectivity index (χ0v) is 11.3.